The van der Waals surface area contributed by atoms with Crippen molar-refractivity contribution in [2.24, 2.45) is 0 Å². The number of hydrogen-bond donors (Lipinski definition) is 0. The van der Waals surface area contributed by atoms with Gasteiger partial charge in [-0.3, -0.25) is 23.9 Å². The summed E-state index contributed by atoms with van der Waals surface area (Å²) in [4.78, 5) is 57.5. The zero-order valence-electron chi connectivity index (χ0n) is 24.1. The minimum absolute atomic E-state index is 0.00896. The van der Waals surface area contributed by atoms with Crippen molar-refractivity contribution in [3.63, 3.8) is 0 Å². The first-order chi connectivity index (χ1) is 19.5. The van der Waals surface area contributed by atoms with Crippen molar-refractivity contribution in [1.29, 1.82) is 0 Å². The average Bonchev–Trinajstić information content (AvgIpc) is 3.32. The first kappa shape index (κ1) is 29.7. The highest BCUT2D eigenvalue weighted by atomic mass is 19.1. The first-order valence-corrected chi connectivity index (χ1v) is 13.4. The van der Waals surface area contributed by atoms with Crippen molar-refractivity contribution >= 4 is 34.6 Å². The Labute approximate surface area is 238 Å². The fraction of sp³-hybridized carbons (Fsp3) is 0.400. The molecule has 0 saturated carbocycles. The van der Waals surface area contributed by atoms with Crippen LogP contribution in [0, 0.1) is 5.82 Å². The van der Waals surface area contributed by atoms with E-state index in [4.69, 9.17) is 9.47 Å². The van der Waals surface area contributed by atoms with Gasteiger partial charge in [0, 0.05) is 63.5 Å². The van der Waals surface area contributed by atoms with Crippen molar-refractivity contribution in [2.75, 3.05) is 40.9 Å². The van der Waals surface area contributed by atoms with Crippen LogP contribution in [0.2, 0.25) is 0 Å². The lowest BCUT2D eigenvalue weighted by Crippen LogP contribution is -2.57. The molecule has 218 valence electrons. The highest BCUT2D eigenvalue weighted by Gasteiger charge is 2.34. The van der Waals surface area contributed by atoms with Crippen LogP contribution in [0.15, 0.2) is 42.6 Å². The molecule has 0 unspecified atom stereocenters. The van der Waals surface area contributed by atoms with Crippen LogP contribution in [0.4, 0.5) is 9.18 Å². The molecule has 41 heavy (non-hydrogen) atoms. The van der Waals surface area contributed by atoms with Gasteiger partial charge in [0.2, 0.25) is 0 Å². The molecular weight excluding hydrogens is 531 g/mol. The van der Waals surface area contributed by atoms with E-state index in [9.17, 15) is 23.6 Å². The van der Waals surface area contributed by atoms with E-state index in [1.165, 1.54) is 51.7 Å². The van der Waals surface area contributed by atoms with Crippen molar-refractivity contribution in [3.8, 4) is 5.75 Å². The number of aromatic nitrogens is 1. The quantitative estimate of drug-likeness (QED) is 0.317. The Morgan fingerprint density at radius 2 is 1.68 bits per heavy atom. The lowest BCUT2D eigenvalue weighted by molar-refractivity contribution is -0.124. The molecule has 2 amide bonds. The number of halogens is 1. The number of nitrogens with zero attached hydrogens (tertiary/aromatic N) is 4. The molecule has 0 aliphatic carbocycles. The van der Waals surface area contributed by atoms with Crippen LogP contribution >= 0.6 is 0 Å². The molecule has 0 bridgehead atoms. The van der Waals surface area contributed by atoms with E-state index in [2.05, 4.69) is 4.90 Å². The number of methoxy groups -OCH3 is 1. The van der Waals surface area contributed by atoms with Crippen LogP contribution in [0.25, 0.3) is 10.9 Å². The van der Waals surface area contributed by atoms with Gasteiger partial charge in [-0.25, -0.2) is 9.18 Å². The molecule has 0 N–H and O–H groups in total. The molecule has 1 aliphatic heterocycles. The fourth-order valence-corrected chi connectivity index (χ4v) is 5.11. The zero-order valence-corrected chi connectivity index (χ0v) is 24.1. The Bertz CT molecular complexity index is 1480. The molecule has 2 atom stereocenters. The SMILES string of the molecule is CCOC(=O)n1cc(C(=O)C(=O)N(C)C)c2cc(C(=O)N3C[C@H](C)N(Cc4ccc(F)cc4)C[C@H]3C)c(OC)cc21. The molecule has 2 aromatic carbocycles. The van der Waals surface area contributed by atoms with Gasteiger partial charge in [-0.05, 0) is 44.5 Å². The molecule has 1 saturated heterocycles. The summed E-state index contributed by atoms with van der Waals surface area (Å²) < 4.78 is 25.2. The Balaban J connectivity index is 1.70. The minimum Gasteiger partial charge on any atom is -0.496 e. The molecule has 11 heteroatoms. The number of Topliss-reactive ketones (excluding diaryl/α,β-unsaturated/α-hetero) is 1. The van der Waals surface area contributed by atoms with E-state index in [-0.39, 0.29) is 58.2 Å². The van der Waals surface area contributed by atoms with Crippen LogP contribution < -0.4 is 4.74 Å². The third kappa shape index (κ3) is 5.95. The number of rotatable bonds is 7. The molecule has 0 spiro atoms. The number of amides is 2. The summed E-state index contributed by atoms with van der Waals surface area (Å²) in [6.07, 6.45) is 0.536. The Morgan fingerprint density at radius 1 is 1.00 bits per heavy atom. The van der Waals surface area contributed by atoms with Gasteiger partial charge in [0.05, 0.1) is 30.4 Å². The molecule has 1 fully saturated rings. The molecule has 3 aromatic rings. The number of hydrogen-bond acceptors (Lipinski definition) is 7. The summed E-state index contributed by atoms with van der Waals surface area (Å²) in [7, 11) is 4.34. The van der Waals surface area contributed by atoms with Crippen LogP contribution in [-0.2, 0) is 16.1 Å². The number of carbonyl (C=O) groups excluding carboxylic acids is 4. The number of ether oxygens (including phenoxy) is 2. The summed E-state index contributed by atoms with van der Waals surface area (Å²) in [5, 5.41) is 0.262. The van der Waals surface area contributed by atoms with Crippen molar-refractivity contribution < 1.29 is 33.0 Å². The van der Waals surface area contributed by atoms with Gasteiger partial charge >= 0.3 is 6.09 Å². The van der Waals surface area contributed by atoms with Crippen LogP contribution in [0.1, 0.15) is 47.1 Å². The maximum absolute atomic E-state index is 14.0. The summed E-state index contributed by atoms with van der Waals surface area (Å²) in [5.41, 5.74) is 1.44. The van der Waals surface area contributed by atoms with Crippen molar-refractivity contribution in [2.45, 2.75) is 39.4 Å². The number of likely N-dealkylation sites (N-methyl/N-ethyl adjacent to an activating group) is 1. The smallest absolute Gasteiger partial charge is 0.418 e. The highest BCUT2D eigenvalue weighted by molar-refractivity contribution is 6.45. The second kappa shape index (κ2) is 12.1. The molecule has 10 nitrogen and oxygen atoms in total. The van der Waals surface area contributed by atoms with Gasteiger partial charge in [-0.15, -0.1) is 0 Å². The third-order valence-electron chi connectivity index (χ3n) is 7.34. The van der Waals surface area contributed by atoms with Gasteiger partial charge in [-0.2, -0.15) is 0 Å². The van der Waals surface area contributed by atoms with E-state index >= 15 is 0 Å². The predicted molar refractivity (Wildman–Crippen MR) is 151 cm³/mol. The van der Waals surface area contributed by atoms with Gasteiger partial charge in [0.25, 0.3) is 17.6 Å². The Kier molecular flexibility index (Phi) is 8.77. The van der Waals surface area contributed by atoms with E-state index < -0.39 is 17.8 Å². The van der Waals surface area contributed by atoms with Crippen LogP contribution in [-0.4, -0.2) is 95.9 Å². The number of benzene rings is 2. The summed E-state index contributed by atoms with van der Waals surface area (Å²) in [6, 6.07) is 9.24. The molecule has 0 radical (unpaired) electrons. The monoisotopic (exact) mass is 566 g/mol. The maximum Gasteiger partial charge on any atom is 0.418 e. The largest absolute Gasteiger partial charge is 0.496 e. The highest BCUT2D eigenvalue weighted by Crippen LogP contribution is 2.32. The molecule has 2 heterocycles. The zero-order chi connectivity index (χ0) is 30.0. The first-order valence-electron chi connectivity index (χ1n) is 13.4. The second-order valence-electron chi connectivity index (χ2n) is 10.4. The molecule has 4 rings (SSSR count). The Morgan fingerprint density at radius 3 is 2.29 bits per heavy atom. The lowest BCUT2D eigenvalue weighted by atomic mass is 10.0. The normalized spacial score (nSPS) is 17.4. The van der Waals surface area contributed by atoms with Crippen LogP contribution in [0.5, 0.6) is 5.75 Å². The Hall–Kier alpha value is -4.25. The van der Waals surface area contributed by atoms with E-state index in [0.717, 1.165) is 15.0 Å². The van der Waals surface area contributed by atoms with Gasteiger partial charge in [-0.1, -0.05) is 12.1 Å². The fourth-order valence-electron chi connectivity index (χ4n) is 5.11. The molecular formula is C30H35FN4O6. The summed E-state index contributed by atoms with van der Waals surface area (Å²) in [6.45, 7) is 7.38. The third-order valence-corrected chi connectivity index (χ3v) is 7.34. The number of piperazine rings is 1. The standard InChI is InChI=1S/C30H35FN4O6/c1-7-41-30(39)35-17-24(27(36)29(38)32(4)5)22-12-23(26(40-6)13-25(22)35)28(37)34-15-18(2)33(14-19(34)3)16-20-8-10-21(31)11-9-20/h8-13,17-19H,7,14-16H2,1-6H3/t18-,19+/m0/s1. The number of ketones is 1. The minimum atomic E-state index is -0.817. The number of carbonyl (C=O) groups is 4. The maximum atomic E-state index is 14.0. The second-order valence-corrected chi connectivity index (χ2v) is 10.4. The van der Waals surface area contributed by atoms with E-state index in [1.54, 1.807) is 24.0 Å². The topological polar surface area (TPSA) is 101 Å². The van der Waals surface area contributed by atoms with Gasteiger partial charge in [0.15, 0.2) is 0 Å². The molecule has 1 aromatic heterocycles. The average molecular weight is 567 g/mol. The number of fused-ring (bicyclic) bond motifs is 1. The van der Waals surface area contributed by atoms with E-state index in [0.29, 0.717) is 19.6 Å². The van der Waals surface area contributed by atoms with Crippen molar-refractivity contribution in [3.05, 3.63) is 65.1 Å². The van der Waals surface area contributed by atoms with Gasteiger partial charge < -0.3 is 19.3 Å². The van der Waals surface area contributed by atoms with Crippen molar-refractivity contribution in [1.82, 2.24) is 19.3 Å². The predicted octanol–water partition coefficient (Wildman–Crippen LogP) is 3.80. The summed E-state index contributed by atoms with van der Waals surface area (Å²) in [5.74, 6) is -1.95. The van der Waals surface area contributed by atoms with Crippen LogP contribution in [0.3, 0.4) is 0 Å². The van der Waals surface area contributed by atoms with Gasteiger partial charge in [0.1, 0.15) is 11.6 Å². The molecule has 1 aliphatic rings. The lowest BCUT2D eigenvalue weighted by Gasteiger charge is -2.44. The van der Waals surface area contributed by atoms with E-state index in [1.807, 2.05) is 13.8 Å². The summed E-state index contributed by atoms with van der Waals surface area (Å²) >= 11 is 0.